The van der Waals surface area contributed by atoms with Gasteiger partial charge >= 0.3 is 0 Å². The van der Waals surface area contributed by atoms with Crippen molar-refractivity contribution in [3.63, 3.8) is 0 Å². The number of thiazole rings is 1. The predicted molar refractivity (Wildman–Crippen MR) is 76.3 cm³/mol. The highest BCUT2D eigenvalue weighted by atomic mass is 32.1. The van der Waals surface area contributed by atoms with Gasteiger partial charge in [0.2, 0.25) is 0 Å². The van der Waals surface area contributed by atoms with Gasteiger partial charge in [0.25, 0.3) is 0 Å². The molecule has 2 rings (SSSR count). The SMILES string of the molecule is CC(C)c1nc(-c2ccc(N=C=S)cc2)cs1. The quantitative estimate of drug-likeness (QED) is 0.592. The Labute approximate surface area is 110 Å². The summed E-state index contributed by atoms with van der Waals surface area (Å²) in [6.45, 7) is 4.31. The molecular formula is C13H12N2S2. The van der Waals surface area contributed by atoms with Gasteiger partial charge in [-0.2, -0.15) is 4.99 Å². The number of isothiocyanates is 1. The lowest BCUT2D eigenvalue weighted by Gasteiger charge is -1.98. The first-order chi connectivity index (χ1) is 8.20. The smallest absolute Gasteiger partial charge is 0.0958 e. The molecule has 0 saturated carbocycles. The van der Waals surface area contributed by atoms with E-state index in [2.05, 4.69) is 46.6 Å². The highest BCUT2D eigenvalue weighted by molar-refractivity contribution is 7.78. The van der Waals surface area contributed by atoms with Crippen molar-refractivity contribution in [3.8, 4) is 11.3 Å². The first-order valence-corrected chi connectivity index (χ1v) is 6.63. The van der Waals surface area contributed by atoms with Crippen molar-refractivity contribution in [1.82, 2.24) is 4.98 Å². The lowest BCUT2D eigenvalue weighted by Crippen LogP contribution is -1.85. The molecule has 0 amide bonds. The van der Waals surface area contributed by atoms with E-state index in [0.717, 1.165) is 16.9 Å². The van der Waals surface area contributed by atoms with Gasteiger partial charge in [0.15, 0.2) is 0 Å². The minimum Gasteiger partial charge on any atom is -0.241 e. The summed E-state index contributed by atoms with van der Waals surface area (Å²) in [6.07, 6.45) is 0. The Kier molecular flexibility index (Phi) is 3.79. The zero-order valence-electron chi connectivity index (χ0n) is 9.68. The average Bonchev–Trinajstić information content (AvgIpc) is 2.80. The Morgan fingerprint density at radius 3 is 2.53 bits per heavy atom. The fraction of sp³-hybridized carbons (Fsp3) is 0.231. The van der Waals surface area contributed by atoms with E-state index in [0.29, 0.717) is 5.92 Å². The lowest BCUT2D eigenvalue weighted by atomic mass is 10.1. The Morgan fingerprint density at radius 1 is 1.29 bits per heavy atom. The highest BCUT2D eigenvalue weighted by Gasteiger charge is 2.07. The molecule has 0 aliphatic rings. The molecular weight excluding hydrogens is 248 g/mol. The molecule has 4 heteroatoms. The van der Waals surface area contributed by atoms with Gasteiger partial charge in [-0.05, 0) is 24.4 Å². The number of aliphatic imine (C=N–C) groups is 1. The fourth-order valence-electron chi connectivity index (χ4n) is 1.44. The molecule has 0 radical (unpaired) electrons. The summed E-state index contributed by atoms with van der Waals surface area (Å²) in [5.41, 5.74) is 2.95. The molecule has 0 saturated heterocycles. The van der Waals surface area contributed by atoms with E-state index >= 15 is 0 Å². The van der Waals surface area contributed by atoms with Crippen molar-refractivity contribution < 1.29 is 0 Å². The minimum absolute atomic E-state index is 0.479. The summed E-state index contributed by atoms with van der Waals surface area (Å²) in [6, 6.07) is 7.85. The van der Waals surface area contributed by atoms with Crippen LogP contribution in [0.2, 0.25) is 0 Å². The highest BCUT2D eigenvalue weighted by Crippen LogP contribution is 2.27. The topological polar surface area (TPSA) is 25.2 Å². The van der Waals surface area contributed by atoms with Crippen molar-refractivity contribution >= 4 is 34.4 Å². The fourth-order valence-corrected chi connectivity index (χ4v) is 2.39. The van der Waals surface area contributed by atoms with Gasteiger partial charge in [0, 0.05) is 16.9 Å². The van der Waals surface area contributed by atoms with Crippen molar-refractivity contribution in [3.05, 3.63) is 34.7 Å². The third-order valence-electron chi connectivity index (χ3n) is 2.35. The maximum Gasteiger partial charge on any atom is 0.0958 e. The van der Waals surface area contributed by atoms with Crippen LogP contribution >= 0.6 is 23.6 Å². The van der Waals surface area contributed by atoms with Crippen LogP contribution in [0.4, 0.5) is 5.69 Å². The first-order valence-electron chi connectivity index (χ1n) is 5.34. The van der Waals surface area contributed by atoms with Crippen molar-refractivity contribution in [2.24, 2.45) is 4.99 Å². The number of hydrogen-bond donors (Lipinski definition) is 0. The van der Waals surface area contributed by atoms with E-state index in [1.807, 2.05) is 24.3 Å². The van der Waals surface area contributed by atoms with Gasteiger partial charge in [-0.1, -0.05) is 26.0 Å². The van der Waals surface area contributed by atoms with Gasteiger partial charge < -0.3 is 0 Å². The maximum absolute atomic E-state index is 4.61. The van der Waals surface area contributed by atoms with Crippen LogP contribution in [-0.2, 0) is 0 Å². The Morgan fingerprint density at radius 2 is 2.00 bits per heavy atom. The monoisotopic (exact) mass is 260 g/mol. The molecule has 0 bridgehead atoms. The minimum atomic E-state index is 0.479. The van der Waals surface area contributed by atoms with Gasteiger partial charge in [-0.25, -0.2) is 4.98 Å². The van der Waals surface area contributed by atoms with Crippen LogP contribution in [-0.4, -0.2) is 10.1 Å². The summed E-state index contributed by atoms with van der Waals surface area (Å²) < 4.78 is 0. The lowest BCUT2D eigenvalue weighted by molar-refractivity contribution is 0.853. The molecule has 86 valence electrons. The van der Waals surface area contributed by atoms with Crippen LogP contribution in [0.3, 0.4) is 0 Å². The Balaban J connectivity index is 2.29. The van der Waals surface area contributed by atoms with E-state index < -0.39 is 0 Å². The molecule has 17 heavy (non-hydrogen) atoms. The molecule has 2 nitrogen and oxygen atoms in total. The Hall–Kier alpha value is -1.35. The maximum atomic E-state index is 4.61. The number of benzene rings is 1. The van der Waals surface area contributed by atoms with Crippen LogP contribution in [0.5, 0.6) is 0 Å². The second-order valence-electron chi connectivity index (χ2n) is 3.98. The normalized spacial score (nSPS) is 10.3. The van der Waals surface area contributed by atoms with Gasteiger partial charge in [-0.15, -0.1) is 11.3 Å². The molecule has 0 fully saturated rings. The number of hydrogen-bond acceptors (Lipinski definition) is 4. The summed E-state index contributed by atoms with van der Waals surface area (Å²) in [5, 5.41) is 5.61. The largest absolute Gasteiger partial charge is 0.241 e. The van der Waals surface area contributed by atoms with Crippen LogP contribution in [0, 0.1) is 0 Å². The summed E-state index contributed by atoms with van der Waals surface area (Å²) >= 11 is 6.27. The second kappa shape index (κ2) is 5.32. The van der Waals surface area contributed by atoms with Crippen LogP contribution < -0.4 is 0 Å². The van der Waals surface area contributed by atoms with Gasteiger partial charge in [-0.3, -0.25) is 0 Å². The van der Waals surface area contributed by atoms with Crippen molar-refractivity contribution in [2.75, 3.05) is 0 Å². The summed E-state index contributed by atoms with van der Waals surface area (Å²) in [7, 11) is 0. The van der Waals surface area contributed by atoms with Gasteiger partial charge in [0.1, 0.15) is 0 Å². The van der Waals surface area contributed by atoms with Crippen LogP contribution in [0.15, 0.2) is 34.6 Å². The molecule has 1 aromatic carbocycles. The van der Waals surface area contributed by atoms with Crippen molar-refractivity contribution in [2.45, 2.75) is 19.8 Å². The summed E-state index contributed by atoms with van der Waals surface area (Å²) in [4.78, 5) is 8.53. The molecule has 0 unspecified atom stereocenters. The van der Waals surface area contributed by atoms with Gasteiger partial charge in [0.05, 0.1) is 21.6 Å². The third kappa shape index (κ3) is 2.86. The summed E-state index contributed by atoms with van der Waals surface area (Å²) in [5.74, 6) is 0.479. The first kappa shape index (κ1) is 12.1. The van der Waals surface area contributed by atoms with E-state index in [-0.39, 0.29) is 0 Å². The molecule has 0 aliphatic heterocycles. The zero-order chi connectivity index (χ0) is 12.3. The van der Waals surface area contributed by atoms with E-state index in [1.54, 1.807) is 11.3 Å². The standard InChI is InChI=1S/C13H12N2S2/c1-9(2)13-15-12(7-17-13)10-3-5-11(6-4-10)14-8-16/h3-7,9H,1-2H3. The molecule has 1 heterocycles. The number of nitrogens with zero attached hydrogens (tertiary/aromatic N) is 2. The van der Waals surface area contributed by atoms with Crippen LogP contribution in [0.1, 0.15) is 24.8 Å². The van der Waals surface area contributed by atoms with Crippen molar-refractivity contribution in [1.29, 1.82) is 0 Å². The molecule has 0 atom stereocenters. The Bertz CT molecular complexity index is 549. The number of thiocarbonyl (C=S) groups is 1. The molecule has 0 aliphatic carbocycles. The molecule has 0 N–H and O–H groups in total. The molecule has 0 spiro atoms. The third-order valence-corrected chi connectivity index (χ3v) is 3.59. The zero-order valence-corrected chi connectivity index (χ0v) is 11.3. The number of rotatable bonds is 3. The van der Waals surface area contributed by atoms with Crippen LogP contribution in [0.25, 0.3) is 11.3 Å². The number of aromatic nitrogens is 1. The van der Waals surface area contributed by atoms with E-state index in [1.165, 1.54) is 5.01 Å². The second-order valence-corrected chi connectivity index (χ2v) is 5.05. The molecule has 2 aromatic rings. The molecule has 1 aromatic heterocycles. The van der Waals surface area contributed by atoms with E-state index in [9.17, 15) is 0 Å². The van der Waals surface area contributed by atoms with E-state index in [4.69, 9.17) is 0 Å². The average molecular weight is 260 g/mol. The predicted octanol–water partition coefficient (Wildman–Crippen LogP) is 4.67.